The third kappa shape index (κ3) is 2.58. The van der Waals surface area contributed by atoms with Crippen molar-refractivity contribution in [3.05, 3.63) is 34.3 Å². The van der Waals surface area contributed by atoms with Gasteiger partial charge < -0.3 is 15.2 Å². The van der Waals surface area contributed by atoms with Crippen molar-refractivity contribution in [2.45, 2.75) is 25.2 Å². The molecule has 2 aliphatic rings. The molecule has 1 atom stereocenters. The second-order valence-corrected chi connectivity index (χ2v) is 6.78. The van der Waals surface area contributed by atoms with Crippen LogP contribution in [0.25, 0.3) is 0 Å². The lowest BCUT2D eigenvalue weighted by molar-refractivity contribution is -0.119. The van der Waals surface area contributed by atoms with E-state index in [4.69, 9.17) is 15.2 Å². The summed E-state index contributed by atoms with van der Waals surface area (Å²) in [7, 11) is 0. The minimum atomic E-state index is -0.366. The molecule has 0 saturated heterocycles. The SMILES string of the molecule is NC(=O)[C@@H]1CCCc2sc(NC(=O)c3ccc4c(c3)OCO4)nc21. The lowest BCUT2D eigenvalue weighted by atomic mass is 9.91. The maximum Gasteiger partial charge on any atom is 0.257 e. The van der Waals surface area contributed by atoms with Gasteiger partial charge >= 0.3 is 0 Å². The molecule has 2 aromatic rings. The summed E-state index contributed by atoms with van der Waals surface area (Å²) < 4.78 is 10.5. The van der Waals surface area contributed by atoms with Crippen LogP contribution in [0.3, 0.4) is 0 Å². The molecule has 2 amide bonds. The summed E-state index contributed by atoms with van der Waals surface area (Å²) in [5, 5.41) is 3.27. The normalized spacial score (nSPS) is 18.1. The topological polar surface area (TPSA) is 104 Å². The maximum atomic E-state index is 12.4. The van der Waals surface area contributed by atoms with Crippen LogP contribution in [0, 0.1) is 0 Å². The Labute approximate surface area is 141 Å². The Hall–Kier alpha value is -2.61. The molecule has 8 heteroatoms. The highest BCUT2D eigenvalue weighted by Gasteiger charge is 2.29. The van der Waals surface area contributed by atoms with E-state index in [0.29, 0.717) is 34.3 Å². The van der Waals surface area contributed by atoms with E-state index in [2.05, 4.69) is 10.3 Å². The largest absolute Gasteiger partial charge is 0.454 e. The summed E-state index contributed by atoms with van der Waals surface area (Å²) in [5.41, 5.74) is 6.61. The highest BCUT2D eigenvalue weighted by Crippen LogP contribution is 2.37. The molecule has 124 valence electrons. The van der Waals surface area contributed by atoms with Crippen LogP contribution in [-0.2, 0) is 11.2 Å². The first kappa shape index (κ1) is 14.9. The van der Waals surface area contributed by atoms with E-state index in [-0.39, 0.29) is 24.5 Å². The van der Waals surface area contributed by atoms with Gasteiger partial charge in [0.15, 0.2) is 16.6 Å². The number of rotatable bonds is 3. The zero-order chi connectivity index (χ0) is 16.7. The van der Waals surface area contributed by atoms with E-state index < -0.39 is 0 Å². The summed E-state index contributed by atoms with van der Waals surface area (Å²) in [4.78, 5) is 29.4. The van der Waals surface area contributed by atoms with Crippen molar-refractivity contribution in [3.63, 3.8) is 0 Å². The number of primary amides is 1. The first-order valence-corrected chi connectivity index (χ1v) is 8.43. The fourth-order valence-electron chi connectivity index (χ4n) is 2.96. The summed E-state index contributed by atoms with van der Waals surface area (Å²) in [6, 6.07) is 5.01. The predicted molar refractivity (Wildman–Crippen MR) is 87.5 cm³/mol. The maximum absolute atomic E-state index is 12.4. The molecular formula is C16H15N3O4S. The highest BCUT2D eigenvalue weighted by atomic mass is 32.1. The molecule has 1 aromatic carbocycles. The number of benzene rings is 1. The molecule has 2 heterocycles. The van der Waals surface area contributed by atoms with Gasteiger partial charge in [-0.2, -0.15) is 0 Å². The molecule has 24 heavy (non-hydrogen) atoms. The lowest BCUT2D eigenvalue weighted by Crippen LogP contribution is -2.24. The van der Waals surface area contributed by atoms with Gasteiger partial charge in [-0.25, -0.2) is 4.98 Å². The van der Waals surface area contributed by atoms with Gasteiger partial charge in [-0.1, -0.05) is 0 Å². The zero-order valence-electron chi connectivity index (χ0n) is 12.7. The third-order valence-corrected chi connectivity index (χ3v) is 5.20. The van der Waals surface area contributed by atoms with E-state index in [9.17, 15) is 9.59 Å². The summed E-state index contributed by atoms with van der Waals surface area (Å²) >= 11 is 1.40. The number of hydrogen-bond donors (Lipinski definition) is 2. The van der Waals surface area contributed by atoms with Crippen molar-refractivity contribution in [2.24, 2.45) is 5.73 Å². The molecule has 0 saturated carbocycles. The van der Waals surface area contributed by atoms with Crippen LogP contribution < -0.4 is 20.5 Å². The van der Waals surface area contributed by atoms with E-state index in [1.165, 1.54) is 11.3 Å². The second-order valence-electron chi connectivity index (χ2n) is 5.70. The molecule has 3 N–H and O–H groups in total. The number of thiazole rings is 1. The van der Waals surface area contributed by atoms with Crippen LogP contribution >= 0.6 is 11.3 Å². The van der Waals surface area contributed by atoms with E-state index in [1.54, 1.807) is 18.2 Å². The average molecular weight is 345 g/mol. The number of aromatic nitrogens is 1. The van der Waals surface area contributed by atoms with Crippen molar-refractivity contribution in [2.75, 3.05) is 12.1 Å². The number of ether oxygens (including phenoxy) is 2. The van der Waals surface area contributed by atoms with Crippen molar-refractivity contribution < 1.29 is 19.1 Å². The Morgan fingerprint density at radius 2 is 2.12 bits per heavy atom. The fraction of sp³-hybridized carbons (Fsp3) is 0.312. The molecule has 1 aromatic heterocycles. The third-order valence-electron chi connectivity index (χ3n) is 4.15. The number of amides is 2. The minimum Gasteiger partial charge on any atom is -0.454 e. The van der Waals surface area contributed by atoms with Crippen molar-refractivity contribution in [1.29, 1.82) is 0 Å². The van der Waals surface area contributed by atoms with Gasteiger partial charge in [-0.3, -0.25) is 14.9 Å². The van der Waals surface area contributed by atoms with E-state index in [1.807, 2.05) is 0 Å². The monoisotopic (exact) mass is 345 g/mol. The van der Waals surface area contributed by atoms with Crippen LogP contribution in [0.2, 0.25) is 0 Å². The Balaban J connectivity index is 1.55. The van der Waals surface area contributed by atoms with Gasteiger partial charge in [-0.05, 0) is 37.5 Å². The first-order valence-electron chi connectivity index (χ1n) is 7.62. The van der Waals surface area contributed by atoms with Crippen LogP contribution in [0.15, 0.2) is 18.2 Å². The molecular weight excluding hydrogens is 330 g/mol. The predicted octanol–water partition coefficient (Wildman–Crippen LogP) is 2.03. The van der Waals surface area contributed by atoms with Gasteiger partial charge in [0.25, 0.3) is 5.91 Å². The second kappa shape index (κ2) is 5.79. The Bertz CT molecular complexity index is 833. The van der Waals surface area contributed by atoms with Crippen molar-refractivity contribution >= 4 is 28.3 Å². The smallest absolute Gasteiger partial charge is 0.257 e. The number of nitrogens with zero attached hydrogens (tertiary/aromatic N) is 1. The molecule has 0 radical (unpaired) electrons. The molecule has 0 unspecified atom stereocenters. The summed E-state index contributed by atoms with van der Waals surface area (Å²) in [6.45, 7) is 0.161. The number of aryl methyl sites for hydroxylation is 1. The number of anilines is 1. The van der Waals surface area contributed by atoms with E-state index >= 15 is 0 Å². The molecule has 1 aliphatic carbocycles. The fourth-order valence-corrected chi connectivity index (χ4v) is 4.02. The highest BCUT2D eigenvalue weighted by molar-refractivity contribution is 7.15. The number of carbonyl (C=O) groups excluding carboxylic acids is 2. The molecule has 7 nitrogen and oxygen atoms in total. The van der Waals surface area contributed by atoms with Gasteiger partial charge in [0.1, 0.15) is 0 Å². The number of nitrogens with two attached hydrogens (primary N) is 1. The average Bonchev–Trinajstić information content (AvgIpc) is 3.19. The summed E-state index contributed by atoms with van der Waals surface area (Å²) in [6.07, 6.45) is 2.47. The van der Waals surface area contributed by atoms with Crippen molar-refractivity contribution in [3.8, 4) is 11.5 Å². The van der Waals surface area contributed by atoms with Crippen molar-refractivity contribution in [1.82, 2.24) is 4.98 Å². The quantitative estimate of drug-likeness (QED) is 0.886. The van der Waals surface area contributed by atoms with Gasteiger partial charge in [0, 0.05) is 10.4 Å². The zero-order valence-corrected chi connectivity index (χ0v) is 13.5. The van der Waals surface area contributed by atoms with Gasteiger partial charge in [0.05, 0.1) is 11.6 Å². The minimum absolute atomic E-state index is 0.161. The number of hydrogen-bond acceptors (Lipinski definition) is 6. The molecule has 0 bridgehead atoms. The molecule has 0 fully saturated rings. The molecule has 1 aliphatic heterocycles. The first-order chi connectivity index (χ1) is 11.6. The molecule has 4 rings (SSSR count). The Morgan fingerprint density at radius 3 is 2.96 bits per heavy atom. The van der Waals surface area contributed by atoms with E-state index in [0.717, 1.165) is 17.7 Å². The molecule has 0 spiro atoms. The Morgan fingerprint density at radius 1 is 1.29 bits per heavy atom. The standard InChI is InChI=1S/C16H15N3O4S/c17-14(20)9-2-1-3-12-13(9)18-16(24-12)19-15(21)8-4-5-10-11(6-8)23-7-22-10/h4-6,9H,1-3,7H2,(H2,17,20)(H,18,19,21)/t9-/m1/s1. The van der Waals surface area contributed by atoms with Crippen LogP contribution in [0.4, 0.5) is 5.13 Å². The number of fused-ring (bicyclic) bond motifs is 2. The van der Waals surface area contributed by atoms with Crippen LogP contribution in [0.5, 0.6) is 11.5 Å². The lowest BCUT2D eigenvalue weighted by Gasteiger charge is -2.17. The van der Waals surface area contributed by atoms with Crippen LogP contribution in [-0.4, -0.2) is 23.6 Å². The van der Waals surface area contributed by atoms with Gasteiger partial charge in [0.2, 0.25) is 12.7 Å². The number of carbonyl (C=O) groups is 2. The number of nitrogens with one attached hydrogen (secondary N) is 1. The summed E-state index contributed by atoms with van der Waals surface area (Å²) in [5.74, 6) is 0.168. The van der Waals surface area contributed by atoms with Gasteiger partial charge in [-0.15, -0.1) is 11.3 Å². The Kier molecular flexibility index (Phi) is 3.61. The van der Waals surface area contributed by atoms with Crippen LogP contribution in [0.1, 0.15) is 39.7 Å².